The largest absolute Gasteiger partial charge is 0.480 e. The van der Waals surface area contributed by atoms with Gasteiger partial charge in [0, 0.05) is 22.4 Å². The number of hydrogen-bond donors (Lipinski definition) is 2. The molecule has 1 aliphatic rings. The van der Waals surface area contributed by atoms with E-state index in [0.29, 0.717) is 5.56 Å². The van der Waals surface area contributed by atoms with Crippen molar-refractivity contribution in [2.45, 2.75) is 25.3 Å². The molecule has 0 aromatic heterocycles. The first kappa shape index (κ1) is 26.4. The van der Waals surface area contributed by atoms with Gasteiger partial charge in [-0.05, 0) is 58.0 Å². The van der Waals surface area contributed by atoms with E-state index in [1.54, 1.807) is 6.07 Å². The summed E-state index contributed by atoms with van der Waals surface area (Å²) in [6.45, 7) is 1.63. The van der Waals surface area contributed by atoms with Crippen LogP contribution >= 0.6 is 15.9 Å². The van der Waals surface area contributed by atoms with Gasteiger partial charge in [0.2, 0.25) is 0 Å². The van der Waals surface area contributed by atoms with E-state index in [1.807, 2.05) is 72.8 Å². The number of Topliss-reactive ketones (excluding diaryl/α,β-unsaturated/α-hetero) is 1. The smallest absolute Gasteiger partial charge is 0.407 e. The lowest BCUT2D eigenvalue weighted by Gasteiger charge is -2.18. The van der Waals surface area contributed by atoms with E-state index >= 15 is 0 Å². The molecule has 0 fully saturated rings. The molecule has 0 saturated heterocycles. The number of rotatable bonds is 8. The molecule has 4 aromatic rings. The number of carbonyl (C=O) groups excluding carboxylic acids is 2. The zero-order chi connectivity index (χ0) is 27.5. The first-order valence-electron chi connectivity index (χ1n) is 12.6. The number of halogens is 1. The lowest BCUT2D eigenvalue weighted by Crippen LogP contribution is -2.42. The second-order valence-corrected chi connectivity index (χ2v) is 10.4. The van der Waals surface area contributed by atoms with Crippen molar-refractivity contribution < 1.29 is 24.2 Å². The Bertz CT molecular complexity index is 1520. The molecule has 0 spiro atoms. The fourth-order valence-electron chi connectivity index (χ4n) is 5.03. The summed E-state index contributed by atoms with van der Waals surface area (Å²) in [5.74, 6) is -1.27. The molecular formula is C32H26BrNO5. The maximum atomic E-state index is 12.7. The maximum Gasteiger partial charge on any atom is 0.407 e. The highest BCUT2D eigenvalue weighted by molar-refractivity contribution is 9.10. The molecule has 0 saturated carbocycles. The van der Waals surface area contributed by atoms with Gasteiger partial charge in [-0.2, -0.15) is 0 Å². The third kappa shape index (κ3) is 5.64. The molecule has 2 N–H and O–H groups in total. The van der Waals surface area contributed by atoms with Gasteiger partial charge in [0.05, 0.1) is 0 Å². The molecule has 196 valence electrons. The molecule has 1 atom stereocenters. The van der Waals surface area contributed by atoms with Gasteiger partial charge in [0.1, 0.15) is 12.6 Å². The minimum absolute atomic E-state index is 0.0209. The summed E-state index contributed by atoms with van der Waals surface area (Å²) >= 11 is 3.44. The first-order chi connectivity index (χ1) is 18.8. The molecule has 39 heavy (non-hydrogen) atoms. The van der Waals surface area contributed by atoms with Crippen LogP contribution < -0.4 is 5.32 Å². The van der Waals surface area contributed by atoms with Crippen molar-refractivity contribution in [1.29, 1.82) is 0 Å². The zero-order valence-corrected chi connectivity index (χ0v) is 22.8. The number of alkyl carbamates (subject to hydrolysis) is 1. The van der Waals surface area contributed by atoms with Crippen LogP contribution in [-0.2, 0) is 16.0 Å². The Morgan fingerprint density at radius 3 is 2.03 bits per heavy atom. The average Bonchev–Trinajstić information content (AvgIpc) is 3.25. The number of nitrogens with one attached hydrogen (secondary N) is 1. The third-order valence-corrected chi connectivity index (χ3v) is 7.67. The van der Waals surface area contributed by atoms with Crippen molar-refractivity contribution in [1.82, 2.24) is 5.32 Å². The Labute approximate surface area is 234 Å². The summed E-state index contributed by atoms with van der Waals surface area (Å²) in [5, 5.41) is 12.3. The second kappa shape index (κ2) is 11.3. The van der Waals surface area contributed by atoms with Crippen molar-refractivity contribution in [2.75, 3.05) is 6.61 Å². The highest BCUT2D eigenvalue weighted by Crippen LogP contribution is 2.44. The van der Waals surface area contributed by atoms with Crippen LogP contribution in [0.3, 0.4) is 0 Å². The number of aliphatic carboxylic acids is 1. The lowest BCUT2D eigenvalue weighted by atomic mass is 9.98. The van der Waals surface area contributed by atoms with Crippen LogP contribution in [0.1, 0.15) is 39.9 Å². The van der Waals surface area contributed by atoms with Crippen molar-refractivity contribution in [3.05, 3.63) is 118 Å². The minimum atomic E-state index is -1.14. The monoisotopic (exact) mass is 583 g/mol. The number of fused-ring (bicyclic) bond motifs is 3. The van der Waals surface area contributed by atoms with Crippen LogP contribution in [0.5, 0.6) is 0 Å². The van der Waals surface area contributed by atoms with Gasteiger partial charge in [0.25, 0.3) is 0 Å². The summed E-state index contributed by atoms with van der Waals surface area (Å²) in [6, 6.07) is 27.9. The Morgan fingerprint density at radius 2 is 1.46 bits per heavy atom. The molecule has 1 amide bonds. The van der Waals surface area contributed by atoms with Gasteiger partial charge in [-0.1, -0.05) is 94.8 Å². The van der Waals surface area contributed by atoms with Crippen LogP contribution in [0.15, 0.2) is 95.5 Å². The van der Waals surface area contributed by atoms with Crippen molar-refractivity contribution in [2.24, 2.45) is 0 Å². The molecular weight excluding hydrogens is 558 g/mol. The van der Waals surface area contributed by atoms with Crippen molar-refractivity contribution in [3.8, 4) is 22.3 Å². The predicted molar refractivity (Wildman–Crippen MR) is 153 cm³/mol. The van der Waals surface area contributed by atoms with E-state index < -0.39 is 18.1 Å². The molecule has 4 aromatic carbocycles. The topological polar surface area (TPSA) is 92.7 Å². The predicted octanol–water partition coefficient (Wildman–Crippen LogP) is 6.85. The highest BCUT2D eigenvalue weighted by Gasteiger charge is 2.29. The molecule has 0 bridgehead atoms. The molecule has 0 aliphatic heterocycles. The molecule has 1 aliphatic carbocycles. The maximum absolute atomic E-state index is 12.7. The van der Waals surface area contributed by atoms with Crippen molar-refractivity contribution in [3.63, 3.8) is 0 Å². The van der Waals surface area contributed by atoms with E-state index in [9.17, 15) is 19.5 Å². The number of carboxylic acids is 1. The number of hydrogen-bond acceptors (Lipinski definition) is 4. The molecule has 0 radical (unpaired) electrons. The van der Waals surface area contributed by atoms with E-state index in [2.05, 4.69) is 33.4 Å². The fraction of sp³-hybridized carbons (Fsp3) is 0.156. The number of carbonyl (C=O) groups is 3. The molecule has 0 heterocycles. The van der Waals surface area contributed by atoms with Gasteiger partial charge in [0.15, 0.2) is 5.78 Å². The van der Waals surface area contributed by atoms with E-state index in [4.69, 9.17) is 4.74 Å². The van der Waals surface area contributed by atoms with E-state index in [1.165, 1.54) is 6.92 Å². The van der Waals surface area contributed by atoms with Crippen LogP contribution in [0.25, 0.3) is 22.3 Å². The lowest BCUT2D eigenvalue weighted by molar-refractivity contribution is -0.139. The number of carboxylic acid groups (broad SMARTS) is 1. The Kier molecular flexibility index (Phi) is 7.61. The van der Waals surface area contributed by atoms with Gasteiger partial charge in [-0.25, -0.2) is 9.59 Å². The molecule has 7 heteroatoms. The third-order valence-electron chi connectivity index (χ3n) is 7.01. The van der Waals surface area contributed by atoms with E-state index in [0.717, 1.165) is 43.4 Å². The first-order valence-corrected chi connectivity index (χ1v) is 13.3. The van der Waals surface area contributed by atoms with Crippen LogP contribution in [-0.4, -0.2) is 35.6 Å². The Morgan fingerprint density at radius 1 is 0.872 bits per heavy atom. The molecule has 5 rings (SSSR count). The fourth-order valence-corrected chi connectivity index (χ4v) is 5.69. The number of ether oxygens (including phenoxy) is 1. The van der Waals surface area contributed by atoms with Crippen molar-refractivity contribution >= 4 is 33.8 Å². The van der Waals surface area contributed by atoms with Gasteiger partial charge < -0.3 is 15.2 Å². The minimum Gasteiger partial charge on any atom is -0.480 e. The van der Waals surface area contributed by atoms with Gasteiger partial charge in [-0.3, -0.25) is 4.79 Å². The zero-order valence-electron chi connectivity index (χ0n) is 21.2. The highest BCUT2D eigenvalue weighted by atomic mass is 79.9. The SMILES string of the molecule is CC(=O)c1ccc(-c2ccc(C[C@H](NC(=O)OCC3c4ccccc4-c4ccccc43)C(=O)O)cc2)cc1Br. The summed E-state index contributed by atoms with van der Waals surface area (Å²) in [5.41, 5.74) is 7.63. The summed E-state index contributed by atoms with van der Waals surface area (Å²) in [4.78, 5) is 36.3. The standard InChI is InChI=1S/C32H26BrNO5/c1-19(35)23-15-14-22(17-29(23)33)21-12-10-20(11-13-21)16-30(31(36)37)34-32(38)39-18-28-26-8-4-2-6-24(26)25-7-3-5-9-27(25)28/h2-15,17,28,30H,16,18H2,1H3,(H,34,38)(H,36,37)/t30-/m0/s1. The Balaban J connectivity index is 1.23. The van der Waals surface area contributed by atoms with Crippen LogP contribution in [0.4, 0.5) is 4.79 Å². The van der Waals surface area contributed by atoms with E-state index in [-0.39, 0.29) is 24.7 Å². The van der Waals surface area contributed by atoms with Crippen LogP contribution in [0, 0.1) is 0 Å². The summed E-state index contributed by atoms with van der Waals surface area (Å²) < 4.78 is 6.25. The van der Waals surface area contributed by atoms with Gasteiger partial charge in [-0.15, -0.1) is 0 Å². The Hall–Kier alpha value is -4.23. The average molecular weight is 584 g/mol. The summed E-state index contributed by atoms with van der Waals surface area (Å²) in [7, 11) is 0. The molecule has 0 unspecified atom stereocenters. The molecule has 6 nitrogen and oxygen atoms in total. The quantitative estimate of drug-likeness (QED) is 0.221. The number of ketones is 1. The summed E-state index contributed by atoms with van der Waals surface area (Å²) in [6.07, 6.45) is -0.663. The second-order valence-electron chi connectivity index (χ2n) is 9.51. The number of amides is 1. The van der Waals surface area contributed by atoms with Crippen LogP contribution in [0.2, 0.25) is 0 Å². The van der Waals surface area contributed by atoms with Gasteiger partial charge >= 0.3 is 12.1 Å². The number of benzene rings is 4. The normalized spacial score (nSPS) is 12.8.